The number of methoxy groups -OCH3 is 1. The molecular formula is C15H22N2O. The second-order valence-electron chi connectivity index (χ2n) is 5.38. The number of aryl methyl sites for hydroxylation is 1. The smallest absolute Gasteiger partial charge is 0.142 e. The number of rotatable bonds is 6. The van der Waals surface area contributed by atoms with Crippen molar-refractivity contribution < 1.29 is 4.74 Å². The van der Waals surface area contributed by atoms with Crippen LogP contribution in [-0.2, 0) is 0 Å². The summed E-state index contributed by atoms with van der Waals surface area (Å²) in [6.45, 7) is 7.20. The van der Waals surface area contributed by atoms with Crippen LogP contribution in [0.4, 0.5) is 5.69 Å². The lowest BCUT2D eigenvalue weighted by atomic mass is 9.88. The lowest BCUT2D eigenvalue weighted by molar-refractivity contribution is 0.362. The van der Waals surface area contributed by atoms with Gasteiger partial charge in [-0.3, -0.25) is 0 Å². The number of nitrogens with zero attached hydrogens (tertiary/aromatic N) is 1. The normalized spacial score (nSPS) is 10.8. The van der Waals surface area contributed by atoms with Crippen LogP contribution in [-0.4, -0.2) is 13.7 Å². The van der Waals surface area contributed by atoms with Gasteiger partial charge in [0.2, 0.25) is 0 Å². The molecule has 0 aliphatic carbocycles. The molecule has 0 radical (unpaired) electrons. The first kappa shape index (κ1) is 14.4. The van der Waals surface area contributed by atoms with Gasteiger partial charge in [-0.15, -0.1) is 0 Å². The molecule has 1 aromatic carbocycles. The lowest BCUT2D eigenvalue weighted by Crippen LogP contribution is -2.23. The number of benzene rings is 1. The van der Waals surface area contributed by atoms with E-state index in [-0.39, 0.29) is 5.41 Å². The van der Waals surface area contributed by atoms with Crippen molar-refractivity contribution in [2.24, 2.45) is 5.41 Å². The molecule has 3 nitrogen and oxygen atoms in total. The Bertz CT molecular complexity index is 433. The largest absolute Gasteiger partial charge is 0.495 e. The summed E-state index contributed by atoms with van der Waals surface area (Å²) in [7, 11) is 1.68. The van der Waals surface area contributed by atoms with Gasteiger partial charge in [-0.05, 0) is 36.5 Å². The van der Waals surface area contributed by atoms with Crippen LogP contribution in [0, 0.1) is 23.7 Å². The van der Waals surface area contributed by atoms with E-state index in [1.165, 1.54) is 5.56 Å². The fraction of sp³-hybridized carbons (Fsp3) is 0.533. The summed E-state index contributed by atoms with van der Waals surface area (Å²) >= 11 is 0. The van der Waals surface area contributed by atoms with Crippen LogP contribution >= 0.6 is 0 Å². The molecule has 0 saturated heterocycles. The summed E-state index contributed by atoms with van der Waals surface area (Å²) in [6.07, 6.45) is 1.49. The number of hydrogen-bond acceptors (Lipinski definition) is 3. The van der Waals surface area contributed by atoms with Crippen molar-refractivity contribution in [3.05, 3.63) is 23.8 Å². The topological polar surface area (TPSA) is 45.0 Å². The first-order valence-electron chi connectivity index (χ1n) is 6.24. The molecule has 1 N–H and O–H groups in total. The number of nitrogens with one attached hydrogen (secondary N) is 1. The molecule has 0 aliphatic rings. The summed E-state index contributed by atoms with van der Waals surface area (Å²) in [5.41, 5.74) is 2.29. The molecule has 1 rings (SSSR count). The molecule has 98 valence electrons. The highest BCUT2D eigenvalue weighted by atomic mass is 16.5. The highest BCUT2D eigenvalue weighted by Crippen LogP contribution is 2.28. The van der Waals surface area contributed by atoms with E-state index < -0.39 is 0 Å². The molecule has 0 amide bonds. The molecule has 1 aromatic rings. The van der Waals surface area contributed by atoms with Crippen LogP contribution in [0.15, 0.2) is 18.2 Å². The summed E-state index contributed by atoms with van der Waals surface area (Å²) in [6, 6.07) is 8.32. The Morgan fingerprint density at radius 2 is 2.11 bits per heavy atom. The Morgan fingerprint density at radius 3 is 2.72 bits per heavy atom. The van der Waals surface area contributed by atoms with E-state index >= 15 is 0 Å². The van der Waals surface area contributed by atoms with Crippen molar-refractivity contribution in [1.82, 2.24) is 0 Å². The lowest BCUT2D eigenvalue weighted by Gasteiger charge is -2.25. The van der Waals surface area contributed by atoms with E-state index in [1.807, 2.05) is 19.1 Å². The molecule has 0 aliphatic heterocycles. The Balaban J connectivity index is 2.66. The van der Waals surface area contributed by atoms with Crippen LogP contribution in [0.5, 0.6) is 5.75 Å². The molecule has 0 spiro atoms. The zero-order chi connectivity index (χ0) is 13.6. The molecule has 18 heavy (non-hydrogen) atoms. The zero-order valence-corrected chi connectivity index (χ0v) is 11.7. The number of nitriles is 1. The zero-order valence-electron chi connectivity index (χ0n) is 11.7. The molecule has 3 heteroatoms. The third-order valence-electron chi connectivity index (χ3n) is 3.03. The fourth-order valence-electron chi connectivity index (χ4n) is 1.76. The first-order chi connectivity index (χ1) is 8.48. The highest BCUT2D eigenvalue weighted by Gasteiger charge is 2.17. The molecule has 0 saturated carbocycles. The van der Waals surface area contributed by atoms with Crippen LogP contribution in [0.1, 0.15) is 32.3 Å². The minimum atomic E-state index is 0.103. The van der Waals surface area contributed by atoms with Crippen molar-refractivity contribution in [2.45, 2.75) is 33.6 Å². The third kappa shape index (κ3) is 4.29. The van der Waals surface area contributed by atoms with E-state index in [4.69, 9.17) is 10.00 Å². The van der Waals surface area contributed by atoms with Gasteiger partial charge in [0.25, 0.3) is 0 Å². The molecule has 0 fully saturated rings. The molecule has 0 heterocycles. The molecule has 0 atom stereocenters. The minimum Gasteiger partial charge on any atom is -0.495 e. The van der Waals surface area contributed by atoms with Gasteiger partial charge in [0.15, 0.2) is 0 Å². The van der Waals surface area contributed by atoms with E-state index in [0.717, 1.165) is 24.4 Å². The van der Waals surface area contributed by atoms with Crippen LogP contribution in [0.25, 0.3) is 0 Å². The predicted molar refractivity (Wildman–Crippen MR) is 74.8 cm³/mol. The quantitative estimate of drug-likeness (QED) is 0.831. The predicted octanol–water partition coefficient (Wildman–Crippen LogP) is 3.75. The van der Waals surface area contributed by atoms with E-state index in [9.17, 15) is 0 Å². The van der Waals surface area contributed by atoms with Crippen LogP contribution in [0.2, 0.25) is 0 Å². The second kappa shape index (κ2) is 6.30. The van der Waals surface area contributed by atoms with Gasteiger partial charge < -0.3 is 10.1 Å². The van der Waals surface area contributed by atoms with Crippen LogP contribution in [0.3, 0.4) is 0 Å². The maximum absolute atomic E-state index is 8.64. The molecule has 0 bridgehead atoms. The maximum atomic E-state index is 8.64. The Morgan fingerprint density at radius 1 is 1.39 bits per heavy atom. The van der Waals surface area contributed by atoms with Crippen molar-refractivity contribution >= 4 is 5.69 Å². The van der Waals surface area contributed by atoms with Gasteiger partial charge in [0, 0.05) is 13.0 Å². The summed E-state index contributed by atoms with van der Waals surface area (Å²) in [5.74, 6) is 0.867. The van der Waals surface area contributed by atoms with Gasteiger partial charge in [-0.2, -0.15) is 5.26 Å². The molecule has 0 unspecified atom stereocenters. The number of anilines is 1. The van der Waals surface area contributed by atoms with Gasteiger partial charge in [-0.1, -0.05) is 19.9 Å². The van der Waals surface area contributed by atoms with E-state index in [0.29, 0.717) is 6.42 Å². The minimum absolute atomic E-state index is 0.103. The van der Waals surface area contributed by atoms with Gasteiger partial charge >= 0.3 is 0 Å². The van der Waals surface area contributed by atoms with Crippen molar-refractivity contribution in [3.63, 3.8) is 0 Å². The van der Waals surface area contributed by atoms with Gasteiger partial charge in [-0.25, -0.2) is 0 Å². The Kier molecular flexibility index (Phi) is 5.03. The third-order valence-corrected chi connectivity index (χ3v) is 3.03. The van der Waals surface area contributed by atoms with Gasteiger partial charge in [0.05, 0.1) is 18.9 Å². The Labute approximate surface area is 110 Å². The Hall–Kier alpha value is -1.69. The number of hydrogen-bond donors (Lipinski definition) is 1. The van der Waals surface area contributed by atoms with Crippen molar-refractivity contribution in [2.75, 3.05) is 19.0 Å². The molecule has 0 aromatic heterocycles. The average molecular weight is 246 g/mol. The summed E-state index contributed by atoms with van der Waals surface area (Å²) < 4.78 is 5.36. The first-order valence-corrected chi connectivity index (χ1v) is 6.24. The SMILES string of the molecule is COc1cc(C)ccc1NCC(C)(C)CCC#N. The fourth-order valence-corrected chi connectivity index (χ4v) is 1.76. The second-order valence-corrected chi connectivity index (χ2v) is 5.38. The number of ether oxygens (including phenoxy) is 1. The maximum Gasteiger partial charge on any atom is 0.142 e. The van der Waals surface area contributed by atoms with E-state index in [1.54, 1.807) is 7.11 Å². The van der Waals surface area contributed by atoms with E-state index in [2.05, 4.69) is 31.3 Å². The van der Waals surface area contributed by atoms with Crippen molar-refractivity contribution in [3.8, 4) is 11.8 Å². The van der Waals surface area contributed by atoms with Gasteiger partial charge in [0.1, 0.15) is 5.75 Å². The summed E-state index contributed by atoms with van der Waals surface area (Å²) in [5, 5.41) is 12.0. The van der Waals surface area contributed by atoms with Crippen molar-refractivity contribution in [1.29, 1.82) is 5.26 Å². The standard InChI is InChI=1S/C15H22N2O/c1-12-6-7-13(14(10-12)18-4)17-11-15(2,3)8-5-9-16/h6-7,10,17H,5,8,11H2,1-4H3. The monoisotopic (exact) mass is 246 g/mol. The average Bonchev–Trinajstić information content (AvgIpc) is 2.35. The van der Waals surface area contributed by atoms with Crippen LogP contribution < -0.4 is 10.1 Å². The molecular weight excluding hydrogens is 224 g/mol. The highest BCUT2D eigenvalue weighted by molar-refractivity contribution is 5.57. The summed E-state index contributed by atoms with van der Waals surface area (Å²) in [4.78, 5) is 0.